The van der Waals surface area contributed by atoms with E-state index in [0.717, 1.165) is 21.5 Å². The third kappa shape index (κ3) is 3.28. The number of hydrogen-bond acceptors (Lipinski definition) is 4. The smallest absolute Gasteiger partial charge is 0.246 e. The monoisotopic (exact) mass is 329 g/mol. The highest BCUT2D eigenvalue weighted by atomic mass is 32.1. The van der Waals surface area contributed by atoms with E-state index >= 15 is 0 Å². The van der Waals surface area contributed by atoms with Crippen LogP contribution < -0.4 is 5.32 Å². The van der Waals surface area contributed by atoms with Gasteiger partial charge >= 0.3 is 0 Å². The van der Waals surface area contributed by atoms with Crippen LogP contribution in [-0.2, 0) is 16.9 Å². The number of amides is 1. The SMILES string of the molecule is Cc1cc2ccccc2n1CC(=O)Nc1ncc(C(C)(C)O)s1. The predicted molar refractivity (Wildman–Crippen MR) is 92.7 cm³/mol. The Morgan fingerprint density at radius 2 is 2.13 bits per heavy atom. The van der Waals surface area contributed by atoms with Crippen molar-refractivity contribution < 1.29 is 9.90 Å². The zero-order valence-corrected chi connectivity index (χ0v) is 14.1. The van der Waals surface area contributed by atoms with Crippen LogP contribution in [0.3, 0.4) is 0 Å². The number of nitrogens with one attached hydrogen (secondary N) is 1. The Morgan fingerprint density at radius 1 is 1.39 bits per heavy atom. The summed E-state index contributed by atoms with van der Waals surface area (Å²) < 4.78 is 1.98. The molecule has 0 spiro atoms. The molecule has 120 valence electrons. The van der Waals surface area contributed by atoms with E-state index in [-0.39, 0.29) is 12.5 Å². The van der Waals surface area contributed by atoms with Crippen LogP contribution in [0.15, 0.2) is 36.5 Å². The van der Waals surface area contributed by atoms with Gasteiger partial charge in [-0.05, 0) is 38.3 Å². The minimum atomic E-state index is -0.951. The van der Waals surface area contributed by atoms with Crippen LogP contribution in [-0.4, -0.2) is 20.6 Å². The number of benzene rings is 1. The lowest BCUT2D eigenvalue weighted by atomic mass is 10.1. The molecule has 0 saturated heterocycles. The van der Waals surface area contributed by atoms with E-state index < -0.39 is 5.60 Å². The molecule has 0 aliphatic heterocycles. The van der Waals surface area contributed by atoms with Crippen molar-refractivity contribution in [2.45, 2.75) is 32.9 Å². The summed E-state index contributed by atoms with van der Waals surface area (Å²) in [5.41, 5.74) is 1.13. The van der Waals surface area contributed by atoms with Gasteiger partial charge in [0.1, 0.15) is 6.54 Å². The Morgan fingerprint density at radius 3 is 2.83 bits per heavy atom. The minimum Gasteiger partial charge on any atom is -0.385 e. The number of rotatable bonds is 4. The minimum absolute atomic E-state index is 0.133. The molecule has 3 aromatic rings. The lowest BCUT2D eigenvalue weighted by molar-refractivity contribution is -0.116. The van der Waals surface area contributed by atoms with Crippen LogP contribution >= 0.6 is 11.3 Å². The molecule has 2 aromatic heterocycles. The molecule has 0 aliphatic carbocycles. The van der Waals surface area contributed by atoms with Crippen molar-refractivity contribution in [1.29, 1.82) is 0 Å². The van der Waals surface area contributed by atoms with Gasteiger partial charge in [-0.1, -0.05) is 29.5 Å². The van der Waals surface area contributed by atoms with Crippen molar-refractivity contribution in [2.75, 3.05) is 5.32 Å². The average Bonchev–Trinajstić information content (AvgIpc) is 3.04. The molecule has 3 rings (SSSR count). The first-order valence-electron chi connectivity index (χ1n) is 7.38. The summed E-state index contributed by atoms with van der Waals surface area (Å²) in [5, 5.41) is 14.4. The van der Waals surface area contributed by atoms with Crippen LogP contribution in [0, 0.1) is 6.92 Å². The van der Waals surface area contributed by atoms with Gasteiger partial charge < -0.3 is 15.0 Å². The summed E-state index contributed by atoms with van der Waals surface area (Å²) in [4.78, 5) is 17.2. The summed E-state index contributed by atoms with van der Waals surface area (Å²) in [7, 11) is 0. The van der Waals surface area contributed by atoms with Gasteiger partial charge in [-0.2, -0.15) is 0 Å². The van der Waals surface area contributed by atoms with Gasteiger partial charge in [0.05, 0.1) is 10.5 Å². The lowest BCUT2D eigenvalue weighted by Crippen LogP contribution is -2.19. The van der Waals surface area contributed by atoms with Gasteiger partial charge in [0.15, 0.2) is 5.13 Å². The first-order chi connectivity index (χ1) is 10.8. The number of hydrogen-bond donors (Lipinski definition) is 2. The van der Waals surface area contributed by atoms with E-state index in [1.165, 1.54) is 11.3 Å². The molecule has 0 radical (unpaired) electrons. The average molecular weight is 329 g/mol. The maximum absolute atomic E-state index is 12.3. The quantitative estimate of drug-likeness (QED) is 0.772. The molecule has 0 fully saturated rings. The highest BCUT2D eigenvalue weighted by molar-refractivity contribution is 7.15. The van der Waals surface area contributed by atoms with Crippen molar-refractivity contribution >= 4 is 33.3 Å². The molecular formula is C17H19N3O2S. The van der Waals surface area contributed by atoms with Gasteiger partial charge in [0, 0.05) is 17.4 Å². The normalized spacial score (nSPS) is 11.8. The van der Waals surface area contributed by atoms with E-state index in [1.807, 2.05) is 35.8 Å². The fourth-order valence-electron chi connectivity index (χ4n) is 2.48. The second-order valence-electron chi connectivity index (χ2n) is 6.07. The Kier molecular flexibility index (Phi) is 3.95. The third-order valence-electron chi connectivity index (χ3n) is 3.67. The largest absolute Gasteiger partial charge is 0.385 e. The summed E-state index contributed by atoms with van der Waals surface area (Å²) in [6.07, 6.45) is 1.59. The summed E-state index contributed by atoms with van der Waals surface area (Å²) in [5.74, 6) is -0.133. The highest BCUT2D eigenvalue weighted by Crippen LogP contribution is 2.28. The van der Waals surface area contributed by atoms with Gasteiger partial charge in [0.2, 0.25) is 5.91 Å². The molecule has 0 aliphatic rings. The number of aryl methyl sites for hydroxylation is 1. The summed E-state index contributed by atoms with van der Waals surface area (Å²) in [6.45, 7) is 5.61. The molecule has 2 heterocycles. The fraction of sp³-hybridized carbons (Fsp3) is 0.294. The predicted octanol–water partition coefficient (Wildman–Crippen LogP) is 3.27. The number of fused-ring (bicyclic) bond motifs is 1. The van der Waals surface area contributed by atoms with Crippen LogP contribution in [0.5, 0.6) is 0 Å². The van der Waals surface area contributed by atoms with Crippen molar-refractivity contribution in [3.05, 3.63) is 47.1 Å². The van der Waals surface area contributed by atoms with Crippen LogP contribution in [0.1, 0.15) is 24.4 Å². The molecular weight excluding hydrogens is 310 g/mol. The number of carbonyl (C=O) groups is 1. The number of aliphatic hydroxyl groups is 1. The number of aromatic nitrogens is 2. The van der Waals surface area contributed by atoms with Gasteiger partial charge in [-0.3, -0.25) is 4.79 Å². The maximum atomic E-state index is 12.3. The number of carbonyl (C=O) groups excluding carboxylic acids is 1. The van der Waals surface area contributed by atoms with Crippen LogP contribution in [0.4, 0.5) is 5.13 Å². The number of para-hydroxylation sites is 1. The van der Waals surface area contributed by atoms with E-state index in [0.29, 0.717) is 5.13 Å². The zero-order valence-electron chi connectivity index (χ0n) is 13.3. The summed E-state index contributed by atoms with van der Waals surface area (Å²) >= 11 is 1.29. The molecule has 23 heavy (non-hydrogen) atoms. The Labute approximate surface area is 138 Å². The summed E-state index contributed by atoms with van der Waals surface area (Å²) in [6, 6.07) is 10.1. The van der Waals surface area contributed by atoms with E-state index in [9.17, 15) is 9.90 Å². The number of anilines is 1. The Bertz CT molecular complexity index is 858. The van der Waals surface area contributed by atoms with Crippen LogP contribution in [0.25, 0.3) is 10.9 Å². The third-order valence-corrected chi connectivity index (χ3v) is 4.90. The second kappa shape index (κ2) is 5.79. The zero-order chi connectivity index (χ0) is 16.6. The Balaban J connectivity index is 1.76. The van der Waals surface area contributed by atoms with Crippen molar-refractivity contribution in [3.63, 3.8) is 0 Å². The molecule has 1 aromatic carbocycles. The molecule has 0 bridgehead atoms. The van der Waals surface area contributed by atoms with Crippen molar-refractivity contribution in [2.24, 2.45) is 0 Å². The van der Waals surface area contributed by atoms with Gasteiger partial charge in [0.25, 0.3) is 0 Å². The first-order valence-corrected chi connectivity index (χ1v) is 8.19. The molecule has 0 atom stereocenters. The van der Waals surface area contributed by atoms with Crippen LogP contribution in [0.2, 0.25) is 0 Å². The standard InChI is InChI=1S/C17H19N3O2S/c1-11-8-12-6-4-5-7-13(12)20(11)10-15(21)19-16-18-9-14(23-16)17(2,3)22/h4-9,22H,10H2,1-3H3,(H,18,19,21). The molecule has 1 amide bonds. The highest BCUT2D eigenvalue weighted by Gasteiger charge is 2.20. The molecule has 0 saturated carbocycles. The lowest BCUT2D eigenvalue weighted by Gasteiger charge is -2.13. The Hall–Kier alpha value is -2.18. The first kappa shape index (κ1) is 15.7. The van der Waals surface area contributed by atoms with E-state index in [1.54, 1.807) is 20.0 Å². The molecule has 5 nitrogen and oxygen atoms in total. The van der Waals surface area contributed by atoms with E-state index in [4.69, 9.17) is 0 Å². The van der Waals surface area contributed by atoms with Crippen molar-refractivity contribution in [1.82, 2.24) is 9.55 Å². The van der Waals surface area contributed by atoms with Gasteiger partial charge in [-0.15, -0.1) is 0 Å². The molecule has 0 unspecified atom stereocenters. The number of nitrogens with zero attached hydrogens (tertiary/aromatic N) is 2. The second-order valence-corrected chi connectivity index (χ2v) is 7.10. The molecule has 6 heteroatoms. The fourth-order valence-corrected chi connectivity index (χ4v) is 3.31. The van der Waals surface area contributed by atoms with Crippen molar-refractivity contribution in [3.8, 4) is 0 Å². The topological polar surface area (TPSA) is 67.2 Å². The maximum Gasteiger partial charge on any atom is 0.246 e. The molecule has 2 N–H and O–H groups in total. The number of thiazole rings is 1. The van der Waals surface area contributed by atoms with E-state index in [2.05, 4.69) is 16.4 Å². The van der Waals surface area contributed by atoms with Gasteiger partial charge in [-0.25, -0.2) is 4.98 Å².